The minimum Gasteiger partial charge on any atom is -0.366 e. The van der Waals surface area contributed by atoms with Crippen molar-refractivity contribution >= 4 is 34.2 Å². The lowest BCUT2D eigenvalue weighted by atomic mass is 9.99. The van der Waals surface area contributed by atoms with E-state index in [1.807, 2.05) is 66.7 Å². The second-order valence-corrected chi connectivity index (χ2v) is 8.54. The van der Waals surface area contributed by atoms with E-state index < -0.39 is 5.91 Å². The number of rotatable bonds is 11. The van der Waals surface area contributed by atoms with Crippen LogP contribution in [0.15, 0.2) is 91.8 Å². The molecule has 0 aliphatic heterocycles. The molecule has 188 valence electrons. The summed E-state index contributed by atoms with van der Waals surface area (Å²) in [6.07, 6.45) is 5.86. The summed E-state index contributed by atoms with van der Waals surface area (Å²) < 4.78 is 0. The Bertz CT molecular complexity index is 1410. The normalized spacial score (nSPS) is 11.6. The molecule has 3 aromatic carbocycles. The second-order valence-electron chi connectivity index (χ2n) is 8.54. The number of carbonyl (C=O) groups is 2. The van der Waals surface area contributed by atoms with Crippen LogP contribution in [0.3, 0.4) is 0 Å². The van der Waals surface area contributed by atoms with Crippen LogP contribution in [-0.4, -0.2) is 28.8 Å². The van der Waals surface area contributed by atoms with Crippen molar-refractivity contribution < 1.29 is 9.59 Å². The van der Waals surface area contributed by atoms with Crippen molar-refractivity contribution in [2.45, 2.75) is 25.3 Å². The number of allylic oxidation sites excluding steroid dienone is 1. The van der Waals surface area contributed by atoms with Crippen LogP contribution in [0.1, 0.15) is 51.6 Å². The van der Waals surface area contributed by atoms with E-state index in [2.05, 4.69) is 27.3 Å². The first-order chi connectivity index (χ1) is 18.0. The third-order valence-corrected chi connectivity index (χ3v) is 6.14. The fourth-order valence-corrected chi connectivity index (χ4v) is 4.39. The number of nitrogens with two attached hydrogens (primary N) is 1. The quantitative estimate of drug-likeness (QED) is 0.153. The van der Waals surface area contributed by atoms with Crippen LogP contribution in [0.25, 0.3) is 10.9 Å². The number of aromatic nitrogens is 2. The molecule has 0 spiro atoms. The molecule has 8 heteroatoms. The number of hydrogen-bond acceptors (Lipinski definition) is 6. The van der Waals surface area contributed by atoms with Gasteiger partial charge in [-0.25, -0.2) is 15.4 Å². The maximum atomic E-state index is 12.8. The highest BCUT2D eigenvalue weighted by molar-refractivity contribution is 6.07. The summed E-state index contributed by atoms with van der Waals surface area (Å²) in [7, 11) is 1.83. The van der Waals surface area contributed by atoms with Crippen LogP contribution in [0, 0.1) is 0 Å². The van der Waals surface area contributed by atoms with E-state index in [9.17, 15) is 9.59 Å². The fraction of sp³-hybridized carbons (Fsp3) is 0.172. The highest BCUT2D eigenvalue weighted by Gasteiger charge is 2.24. The predicted molar refractivity (Wildman–Crippen MR) is 147 cm³/mol. The van der Waals surface area contributed by atoms with Gasteiger partial charge in [0.15, 0.2) is 5.82 Å². The Labute approximate surface area is 216 Å². The summed E-state index contributed by atoms with van der Waals surface area (Å²) in [4.78, 5) is 33.7. The second kappa shape index (κ2) is 11.9. The summed E-state index contributed by atoms with van der Waals surface area (Å²) in [6.45, 7) is 3.86. The van der Waals surface area contributed by atoms with Crippen LogP contribution in [0.5, 0.6) is 0 Å². The summed E-state index contributed by atoms with van der Waals surface area (Å²) in [5.74, 6) is -0.0965. The first kappa shape index (κ1) is 25.5. The average Bonchev–Trinajstić information content (AvgIpc) is 2.93. The molecule has 4 aromatic rings. The van der Waals surface area contributed by atoms with Crippen LogP contribution >= 0.6 is 0 Å². The molecule has 1 atom stereocenters. The van der Waals surface area contributed by atoms with Crippen molar-refractivity contribution in [2.75, 3.05) is 17.4 Å². The lowest BCUT2D eigenvalue weighted by Gasteiger charge is -2.33. The minimum absolute atomic E-state index is 0.145. The van der Waals surface area contributed by atoms with E-state index in [-0.39, 0.29) is 11.9 Å². The molecule has 1 unspecified atom stereocenters. The standard InChI is InChI=1S/C29H30N6O2/c1-3-4-6-17-25(21-13-9-14-22(18-21)34-29(37)20-11-7-5-8-12-20)35(31-2)28-24-16-10-15-23(27(30)36)26(24)32-19-33-28/h3,5,7-16,18-19,25,31H,1,4,6,17H2,2H3,(H2,30,36)(H,34,37). The summed E-state index contributed by atoms with van der Waals surface area (Å²) in [5.41, 5.74) is 12.0. The fourth-order valence-electron chi connectivity index (χ4n) is 4.39. The van der Waals surface area contributed by atoms with Crippen molar-refractivity contribution in [2.24, 2.45) is 5.73 Å². The molecule has 0 fully saturated rings. The minimum atomic E-state index is -0.546. The smallest absolute Gasteiger partial charge is 0.255 e. The number of para-hydroxylation sites is 1. The molecule has 4 rings (SSSR count). The van der Waals surface area contributed by atoms with Crippen molar-refractivity contribution in [3.05, 3.63) is 108 Å². The monoisotopic (exact) mass is 494 g/mol. The number of anilines is 2. The number of fused-ring (bicyclic) bond motifs is 1. The highest BCUT2D eigenvalue weighted by Crippen LogP contribution is 2.34. The molecule has 0 bridgehead atoms. The topological polar surface area (TPSA) is 113 Å². The molecule has 0 saturated carbocycles. The van der Waals surface area contributed by atoms with Crippen molar-refractivity contribution in [1.82, 2.24) is 15.4 Å². The number of hydrogen-bond donors (Lipinski definition) is 3. The van der Waals surface area contributed by atoms with E-state index in [1.54, 1.807) is 24.3 Å². The molecule has 0 radical (unpaired) electrons. The molecule has 8 nitrogen and oxygen atoms in total. The molecular formula is C29H30N6O2. The molecule has 1 heterocycles. The molecule has 4 N–H and O–H groups in total. The van der Waals surface area contributed by atoms with Gasteiger partial charge in [0.1, 0.15) is 6.33 Å². The predicted octanol–water partition coefficient (Wildman–Crippen LogP) is 5.02. The Balaban J connectivity index is 1.73. The molecule has 2 amide bonds. The van der Waals surface area contributed by atoms with Gasteiger partial charge in [0.05, 0.1) is 17.1 Å². The van der Waals surface area contributed by atoms with Crippen molar-refractivity contribution in [1.29, 1.82) is 0 Å². The Hall–Kier alpha value is -4.56. The first-order valence-corrected chi connectivity index (χ1v) is 12.1. The third kappa shape index (κ3) is 5.82. The molecule has 0 aliphatic carbocycles. The van der Waals surface area contributed by atoms with Gasteiger partial charge >= 0.3 is 0 Å². The molecule has 0 saturated heterocycles. The molecule has 37 heavy (non-hydrogen) atoms. The van der Waals surface area contributed by atoms with E-state index in [1.165, 1.54) is 6.33 Å². The number of hydrazine groups is 1. The van der Waals surface area contributed by atoms with Crippen LogP contribution in [-0.2, 0) is 0 Å². The van der Waals surface area contributed by atoms with Gasteiger partial charge in [-0.05, 0) is 61.2 Å². The first-order valence-electron chi connectivity index (χ1n) is 12.1. The lowest BCUT2D eigenvalue weighted by Crippen LogP contribution is -2.39. The zero-order valence-corrected chi connectivity index (χ0v) is 20.7. The molecular weight excluding hydrogens is 464 g/mol. The van der Waals surface area contributed by atoms with Gasteiger partial charge < -0.3 is 11.1 Å². The van der Waals surface area contributed by atoms with Gasteiger partial charge in [-0.3, -0.25) is 14.6 Å². The molecule has 1 aromatic heterocycles. The van der Waals surface area contributed by atoms with Gasteiger partial charge in [0, 0.05) is 23.7 Å². The lowest BCUT2D eigenvalue weighted by molar-refractivity contribution is 0.0998. The SMILES string of the molecule is C=CCCCC(c1cccc(NC(=O)c2ccccc2)c1)N(NC)c1ncnc2c(C(N)=O)cccc12. The Morgan fingerprint density at radius 3 is 2.57 bits per heavy atom. The maximum absolute atomic E-state index is 12.8. The van der Waals surface area contributed by atoms with Crippen LogP contribution in [0.2, 0.25) is 0 Å². The van der Waals surface area contributed by atoms with Gasteiger partial charge in [-0.1, -0.05) is 42.5 Å². The summed E-state index contributed by atoms with van der Waals surface area (Å²) >= 11 is 0. The number of carbonyl (C=O) groups excluding carboxylic acids is 2. The van der Waals surface area contributed by atoms with E-state index in [4.69, 9.17) is 5.73 Å². The highest BCUT2D eigenvalue weighted by atomic mass is 16.2. The van der Waals surface area contributed by atoms with E-state index in [0.29, 0.717) is 33.5 Å². The van der Waals surface area contributed by atoms with E-state index >= 15 is 0 Å². The average molecular weight is 495 g/mol. The number of unbranched alkanes of at least 4 members (excludes halogenated alkanes) is 1. The number of benzene rings is 3. The van der Waals surface area contributed by atoms with Crippen LogP contribution < -0.4 is 21.5 Å². The molecule has 0 aliphatic rings. The van der Waals surface area contributed by atoms with Crippen molar-refractivity contribution in [3.8, 4) is 0 Å². The van der Waals surface area contributed by atoms with Gasteiger partial charge in [-0.2, -0.15) is 0 Å². The van der Waals surface area contributed by atoms with E-state index in [0.717, 1.165) is 24.8 Å². The number of nitrogens with one attached hydrogen (secondary N) is 2. The van der Waals surface area contributed by atoms with Gasteiger partial charge in [-0.15, -0.1) is 6.58 Å². The number of primary amides is 1. The zero-order valence-electron chi connectivity index (χ0n) is 20.7. The third-order valence-electron chi connectivity index (χ3n) is 6.14. The van der Waals surface area contributed by atoms with Gasteiger partial charge in [0.2, 0.25) is 0 Å². The van der Waals surface area contributed by atoms with Gasteiger partial charge in [0.25, 0.3) is 11.8 Å². The number of amides is 2. The largest absolute Gasteiger partial charge is 0.366 e. The van der Waals surface area contributed by atoms with Crippen molar-refractivity contribution in [3.63, 3.8) is 0 Å². The van der Waals surface area contributed by atoms with Crippen LogP contribution in [0.4, 0.5) is 11.5 Å². The Morgan fingerprint density at radius 2 is 1.84 bits per heavy atom. The zero-order chi connectivity index (χ0) is 26.2. The number of nitrogens with zero attached hydrogens (tertiary/aromatic N) is 3. The Morgan fingerprint density at radius 1 is 1.05 bits per heavy atom. The summed E-state index contributed by atoms with van der Waals surface area (Å²) in [5, 5.41) is 5.67. The maximum Gasteiger partial charge on any atom is 0.255 e. The summed E-state index contributed by atoms with van der Waals surface area (Å²) in [6, 6.07) is 22.1. The Kier molecular flexibility index (Phi) is 8.22.